The molecule has 1 unspecified atom stereocenters. The number of benzene rings is 1. The molecule has 0 spiro atoms. The zero-order chi connectivity index (χ0) is 17.6. The Morgan fingerprint density at radius 3 is 2.30 bits per heavy atom. The maximum absolute atomic E-state index is 13.1. The molecule has 130 valence electrons. The second kappa shape index (κ2) is 8.29. The number of amides is 1. The molecule has 0 fully saturated rings. The zero-order valence-corrected chi connectivity index (χ0v) is 13.5. The van der Waals surface area contributed by atoms with Crippen LogP contribution in [0.4, 0.5) is 17.6 Å². The Kier molecular flexibility index (Phi) is 7.00. The van der Waals surface area contributed by atoms with Crippen molar-refractivity contribution in [3.8, 4) is 0 Å². The molecule has 0 saturated heterocycles. The lowest BCUT2D eigenvalue weighted by molar-refractivity contribution is -0.138. The van der Waals surface area contributed by atoms with Gasteiger partial charge in [-0.05, 0) is 37.2 Å². The Bertz CT molecular complexity index is 527. The predicted octanol–water partition coefficient (Wildman–Crippen LogP) is 3.58. The van der Waals surface area contributed by atoms with Gasteiger partial charge in [-0.1, -0.05) is 26.8 Å². The van der Waals surface area contributed by atoms with Crippen molar-refractivity contribution in [1.82, 2.24) is 10.2 Å². The van der Waals surface area contributed by atoms with Gasteiger partial charge in [0.2, 0.25) is 5.91 Å². The molecule has 1 rings (SSSR count). The molecular formula is C16H22F4N2O. The molecule has 0 heterocycles. The smallest absolute Gasteiger partial charge is 0.351 e. The van der Waals surface area contributed by atoms with Crippen LogP contribution >= 0.6 is 0 Å². The third-order valence-electron chi connectivity index (χ3n) is 3.77. The van der Waals surface area contributed by atoms with Gasteiger partial charge in [-0.15, -0.1) is 0 Å². The highest BCUT2D eigenvalue weighted by molar-refractivity contribution is 5.81. The number of carbonyl (C=O) groups is 1. The Balaban J connectivity index is 2.87. The van der Waals surface area contributed by atoms with Gasteiger partial charge in [0.1, 0.15) is 5.82 Å². The fourth-order valence-electron chi connectivity index (χ4n) is 2.54. The molecule has 1 aromatic rings. The van der Waals surface area contributed by atoms with Crippen molar-refractivity contribution in [2.45, 2.75) is 46.0 Å². The first-order valence-electron chi connectivity index (χ1n) is 7.61. The molecule has 0 aromatic heterocycles. The van der Waals surface area contributed by atoms with E-state index in [-0.39, 0.29) is 24.1 Å². The van der Waals surface area contributed by atoms with Gasteiger partial charge in [0.25, 0.3) is 0 Å². The van der Waals surface area contributed by atoms with Crippen LogP contribution in [0.5, 0.6) is 0 Å². The van der Waals surface area contributed by atoms with Crippen LogP contribution in [-0.2, 0) is 17.5 Å². The molecule has 1 atom stereocenters. The maximum Gasteiger partial charge on any atom is 0.416 e. The zero-order valence-electron chi connectivity index (χ0n) is 13.5. The van der Waals surface area contributed by atoms with E-state index in [9.17, 15) is 22.4 Å². The second-order valence-electron chi connectivity index (χ2n) is 5.16. The van der Waals surface area contributed by atoms with E-state index in [1.54, 1.807) is 0 Å². The minimum atomic E-state index is -4.66. The molecule has 0 saturated carbocycles. The minimum Gasteiger partial charge on any atom is -0.351 e. The summed E-state index contributed by atoms with van der Waals surface area (Å²) in [5.74, 6) is -1.28. The highest BCUT2D eigenvalue weighted by Crippen LogP contribution is 2.32. The number of halogens is 4. The van der Waals surface area contributed by atoms with Crippen molar-refractivity contribution < 1.29 is 22.4 Å². The first kappa shape index (κ1) is 19.4. The van der Waals surface area contributed by atoms with Gasteiger partial charge < -0.3 is 5.32 Å². The minimum absolute atomic E-state index is 0.151. The number of hydrogen-bond donors (Lipinski definition) is 1. The van der Waals surface area contributed by atoms with Crippen LogP contribution in [0.25, 0.3) is 0 Å². The van der Waals surface area contributed by atoms with E-state index in [1.807, 2.05) is 25.7 Å². The van der Waals surface area contributed by atoms with Crippen LogP contribution < -0.4 is 5.32 Å². The van der Waals surface area contributed by atoms with Gasteiger partial charge in [0, 0.05) is 6.54 Å². The number of likely N-dealkylation sites (N-methyl/N-ethyl adjacent to an activating group) is 1. The fraction of sp³-hybridized carbons (Fsp3) is 0.562. The summed E-state index contributed by atoms with van der Waals surface area (Å²) in [4.78, 5) is 14.2. The highest BCUT2D eigenvalue weighted by atomic mass is 19.4. The molecule has 0 radical (unpaired) electrons. The largest absolute Gasteiger partial charge is 0.416 e. The summed E-state index contributed by atoms with van der Waals surface area (Å²) in [6.07, 6.45) is -4.10. The highest BCUT2D eigenvalue weighted by Gasteiger charge is 2.34. The van der Waals surface area contributed by atoms with E-state index in [0.717, 1.165) is 12.1 Å². The monoisotopic (exact) mass is 334 g/mol. The van der Waals surface area contributed by atoms with Crippen molar-refractivity contribution in [3.63, 3.8) is 0 Å². The SMILES string of the molecule is CCC(C(=O)NCc1ccc(F)cc1C(F)(F)F)N(CC)CC. The fourth-order valence-corrected chi connectivity index (χ4v) is 2.54. The molecule has 0 aliphatic rings. The Labute approximate surface area is 133 Å². The number of nitrogens with zero attached hydrogens (tertiary/aromatic N) is 1. The maximum atomic E-state index is 13.1. The summed E-state index contributed by atoms with van der Waals surface area (Å²) in [7, 11) is 0. The molecule has 7 heteroatoms. The second-order valence-corrected chi connectivity index (χ2v) is 5.16. The lowest BCUT2D eigenvalue weighted by Crippen LogP contribution is -2.46. The average Bonchev–Trinajstić information content (AvgIpc) is 2.49. The summed E-state index contributed by atoms with van der Waals surface area (Å²) in [5.41, 5.74) is -1.21. The number of nitrogens with one attached hydrogen (secondary N) is 1. The molecule has 3 nitrogen and oxygen atoms in total. The summed E-state index contributed by atoms with van der Waals surface area (Å²) in [6, 6.07) is 2.07. The quantitative estimate of drug-likeness (QED) is 0.773. The normalized spacial score (nSPS) is 13.2. The number of carbonyl (C=O) groups excluding carboxylic acids is 1. The number of alkyl halides is 3. The van der Waals surface area contributed by atoms with Gasteiger partial charge in [0.15, 0.2) is 0 Å². The molecule has 1 amide bonds. The van der Waals surface area contributed by atoms with Crippen molar-refractivity contribution in [2.24, 2.45) is 0 Å². The van der Waals surface area contributed by atoms with Gasteiger partial charge in [-0.3, -0.25) is 9.69 Å². The third-order valence-corrected chi connectivity index (χ3v) is 3.77. The molecular weight excluding hydrogens is 312 g/mol. The van der Waals surface area contributed by atoms with Gasteiger partial charge in [0.05, 0.1) is 11.6 Å². The van der Waals surface area contributed by atoms with Crippen LogP contribution in [0, 0.1) is 5.82 Å². The Morgan fingerprint density at radius 1 is 1.22 bits per heavy atom. The lowest BCUT2D eigenvalue weighted by Gasteiger charge is -2.27. The van der Waals surface area contributed by atoms with Crippen LogP contribution in [-0.4, -0.2) is 29.9 Å². The first-order chi connectivity index (χ1) is 10.7. The van der Waals surface area contributed by atoms with E-state index >= 15 is 0 Å². The van der Waals surface area contributed by atoms with Gasteiger partial charge >= 0.3 is 6.18 Å². The van der Waals surface area contributed by atoms with E-state index < -0.39 is 17.6 Å². The van der Waals surface area contributed by atoms with E-state index in [4.69, 9.17) is 0 Å². The molecule has 0 bridgehead atoms. The van der Waals surface area contributed by atoms with Crippen LogP contribution in [0.1, 0.15) is 38.3 Å². The molecule has 0 aliphatic heterocycles. The number of hydrogen-bond acceptors (Lipinski definition) is 2. The van der Waals surface area contributed by atoms with E-state index in [1.165, 1.54) is 0 Å². The van der Waals surface area contributed by atoms with Crippen molar-refractivity contribution in [1.29, 1.82) is 0 Å². The van der Waals surface area contributed by atoms with Crippen LogP contribution in [0.2, 0.25) is 0 Å². The molecule has 0 aliphatic carbocycles. The van der Waals surface area contributed by atoms with Gasteiger partial charge in [-0.2, -0.15) is 13.2 Å². The first-order valence-corrected chi connectivity index (χ1v) is 7.61. The average molecular weight is 334 g/mol. The summed E-state index contributed by atoms with van der Waals surface area (Å²) in [6.45, 7) is 6.75. The predicted molar refractivity (Wildman–Crippen MR) is 80.2 cm³/mol. The standard InChI is InChI=1S/C16H22F4N2O/c1-4-14(22(5-2)6-3)15(23)21-10-11-7-8-12(17)9-13(11)16(18,19)20/h7-9,14H,4-6,10H2,1-3H3,(H,21,23). The van der Waals surface area contributed by atoms with E-state index in [2.05, 4.69) is 5.32 Å². The Morgan fingerprint density at radius 2 is 1.83 bits per heavy atom. The van der Waals surface area contributed by atoms with Crippen LogP contribution in [0.15, 0.2) is 18.2 Å². The van der Waals surface area contributed by atoms with Gasteiger partial charge in [-0.25, -0.2) is 4.39 Å². The summed E-state index contributed by atoms with van der Waals surface area (Å²) in [5, 5.41) is 2.53. The van der Waals surface area contributed by atoms with Crippen molar-refractivity contribution in [3.05, 3.63) is 35.1 Å². The van der Waals surface area contributed by atoms with E-state index in [0.29, 0.717) is 25.6 Å². The molecule has 23 heavy (non-hydrogen) atoms. The van der Waals surface area contributed by atoms with Crippen LogP contribution in [0.3, 0.4) is 0 Å². The van der Waals surface area contributed by atoms with Crippen molar-refractivity contribution in [2.75, 3.05) is 13.1 Å². The number of rotatable bonds is 7. The third kappa shape index (κ3) is 5.20. The molecule has 1 aromatic carbocycles. The topological polar surface area (TPSA) is 32.3 Å². The summed E-state index contributed by atoms with van der Waals surface area (Å²) < 4.78 is 51.8. The Hall–Kier alpha value is -1.63. The lowest BCUT2D eigenvalue weighted by atomic mass is 10.1. The van der Waals surface area contributed by atoms with Crippen molar-refractivity contribution >= 4 is 5.91 Å². The summed E-state index contributed by atoms with van der Waals surface area (Å²) >= 11 is 0. The molecule has 1 N–H and O–H groups in total.